The largest absolute Gasteiger partial charge is 0.382 e. The van der Waals surface area contributed by atoms with Gasteiger partial charge < -0.3 is 21.7 Å². The number of rotatable bonds is 5. The third-order valence-electron chi connectivity index (χ3n) is 6.82. The van der Waals surface area contributed by atoms with Crippen LogP contribution in [0.25, 0.3) is 22.2 Å². The third kappa shape index (κ3) is 4.62. The van der Waals surface area contributed by atoms with Crippen LogP contribution >= 0.6 is 0 Å². The van der Waals surface area contributed by atoms with Crippen molar-refractivity contribution in [1.82, 2.24) is 25.5 Å². The zero-order valence-electron chi connectivity index (χ0n) is 19.9. The van der Waals surface area contributed by atoms with E-state index in [0.717, 1.165) is 40.7 Å². The van der Waals surface area contributed by atoms with Crippen LogP contribution in [0.1, 0.15) is 38.3 Å². The maximum atomic E-state index is 13.1. The van der Waals surface area contributed by atoms with Gasteiger partial charge in [0.1, 0.15) is 5.82 Å². The molecule has 3 heterocycles. The van der Waals surface area contributed by atoms with Crippen LogP contribution in [0.3, 0.4) is 0 Å². The predicted molar refractivity (Wildman–Crippen MR) is 138 cm³/mol. The van der Waals surface area contributed by atoms with E-state index in [1.165, 1.54) is 0 Å². The summed E-state index contributed by atoms with van der Waals surface area (Å²) in [6, 6.07) is 17.9. The Bertz CT molecular complexity index is 1350. The van der Waals surface area contributed by atoms with Gasteiger partial charge in [0.2, 0.25) is 11.9 Å². The number of anilines is 3. The van der Waals surface area contributed by atoms with Crippen LogP contribution in [-0.4, -0.2) is 38.7 Å². The molecule has 0 radical (unpaired) electrons. The predicted octanol–water partition coefficient (Wildman–Crippen LogP) is 3.67. The van der Waals surface area contributed by atoms with Gasteiger partial charge in [-0.2, -0.15) is 10.1 Å². The van der Waals surface area contributed by atoms with Gasteiger partial charge in [0.05, 0.1) is 23.2 Å². The standard InChI is InChI=1S/C26H30N8O/c1-15-8-9-19(25(35)29-16(2)17-6-4-3-5-7-17)14-34(15)23-13-21(30-26(28)31-23)18-10-11-20-22(12-18)32-33-24(20)27/h3-7,10-13,15-16,19H,8-9,14H2,1-2H3,(H,29,35)(H3,27,32,33)(H2,28,30,31)/t15-,16+,19+/m1/s1. The molecule has 4 aromatic rings. The number of hydrogen-bond donors (Lipinski definition) is 4. The lowest BCUT2D eigenvalue weighted by molar-refractivity contribution is -0.126. The Labute approximate surface area is 203 Å². The van der Waals surface area contributed by atoms with Gasteiger partial charge >= 0.3 is 0 Å². The number of piperidine rings is 1. The number of nitrogens with one attached hydrogen (secondary N) is 2. The molecule has 1 aliphatic rings. The first-order valence-corrected chi connectivity index (χ1v) is 11.9. The number of H-pyrrole nitrogens is 1. The van der Waals surface area contributed by atoms with Crippen LogP contribution in [0.15, 0.2) is 54.6 Å². The van der Waals surface area contributed by atoms with Gasteiger partial charge in [-0.3, -0.25) is 9.89 Å². The monoisotopic (exact) mass is 470 g/mol. The number of nitrogens with zero attached hydrogens (tertiary/aromatic N) is 4. The first-order valence-electron chi connectivity index (χ1n) is 11.9. The molecular formula is C26H30N8O. The lowest BCUT2D eigenvalue weighted by Crippen LogP contribution is -2.47. The number of fused-ring (bicyclic) bond motifs is 1. The number of carbonyl (C=O) groups excluding carboxylic acids is 1. The molecule has 2 aromatic carbocycles. The van der Waals surface area contributed by atoms with Crippen LogP contribution in [0.2, 0.25) is 0 Å². The molecule has 35 heavy (non-hydrogen) atoms. The maximum Gasteiger partial charge on any atom is 0.225 e. The molecule has 0 bridgehead atoms. The third-order valence-corrected chi connectivity index (χ3v) is 6.82. The smallest absolute Gasteiger partial charge is 0.225 e. The topological polar surface area (TPSA) is 139 Å². The molecular weight excluding hydrogens is 440 g/mol. The molecule has 9 heteroatoms. The van der Waals surface area contributed by atoms with Gasteiger partial charge in [-0.25, -0.2) is 4.98 Å². The normalized spacial score (nSPS) is 19.0. The van der Waals surface area contributed by atoms with E-state index in [9.17, 15) is 4.79 Å². The highest BCUT2D eigenvalue weighted by molar-refractivity contribution is 5.91. The second kappa shape index (κ2) is 9.25. The summed E-state index contributed by atoms with van der Waals surface area (Å²) in [4.78, 5) is 24.3. The molecule has 0 unspecified atom stereocenters. The summed E-state index contributed by atoms with van der Waals surface area (Å²) in [5.74, 6) is 1.29. The Balaban J connectivity index is 1.37. The van der Waals surface area contributed by atoms with Crippen molar-refractivity contribution in [3.05, 3.63) is 60.2 Å². The van der Waals surface area contributed by atoms with E-state index >= 15 is 0 Å². The summed E-state index contributed by atoms with van der Waals surface area (Å²) >= 11 is 0. The molecule has 1 aliphatic heterocycles. The minimum Gasteiger partial charge on any atom is -0.382 e. The van der Waals surface area contributed by atoms with Gasteiger partial charge in [-0.15, -0.1) is 0 Å². The Hall–Kier alpha value is -4.14. The lowest BCUT2D eigenvalue weighted by atomic mass is 9.92. The number of hydrogen-bond acceptors (Lipinski definition) is 7. The summed E-state index contributed by atoms with van der Waals surface area (Å²) in [5, 5.41) is 11.0. The van der Waals surface area contributed by atoms with Crippen LogP contribution in [-0.2, 0) is 4.79 Å². The Morgan fingerprint density at radius 3 is 2.71 bits per heavy atom. The van der Waals surface area contributed by atoms with Gasteiger partial charge in [0, 0.05) is 29.6 Å². The summed E-state index contributed by atoms with van der Waals surface area (Å²) in [5.41, 5.74) is 15.5. The quantitative estimate of drug-likeness (QED) is 0.349. The molecule has 0 aliphatic carbocycles. The van der Waals surface area contributed by atoms with Crippen molar-refractivity contribution in [1.29, 1.82) is 0 Å². The van der Waals surface area contributed by atoms with Gasteiger partial charge in [-0.1, -0.05) is 36.4 Å². The van der Waals surface area contributed by atoms with Crippen molar-refractivity contribution < 1.29 is 4.79 Å². The molecule has 1 amide bonds. The number of nitrogens with two attached hydrogens (primary N) is 2. The summed E-state index contributed by atoms with van der Waals surface area (Å²) in [6.07, 6.45) is 1.72. The summed E-state index contributed by atoms with van der Waals surface area (Å²) in [7, 11) is 0. The number of aromatic nitrogens is 4. The second-order valence-corrected chi connectivity index (χ2v) is 9.26. The SMILES string of the molecule is C[C@H](NC(=O)[C@H]1CC[C@@H](C)N(c2cc(-c3ccc4c(N)n[nH]c4c3)nc(N)n2)C1)c1ccccc1. The van der Waals surface area contributed by atoms with E-state index in [1.807, 2.05) is 61.5 Å². The fourth-order valence-electron chi connectivity index (χ4n) is 4.74. The van der Waals surface area contributed by atoms with Crippen LogP contribution < -0.4 is 21.7 Å². The van der Waals surface area contributed by atoms with E-state index in [-0.39, 0.29) is 29.9 Å². The highest BCUT2D eigenvalue weighted by atomic mass is 16.2. The Morgan fingerprint density at radius 1 is 1.11 bits per heavy atom. The van der Waals surface area contributed by atoms with E-state index in [1.54, 1.807) is 0 Å². The number of benzene rings is 2. The van der Waals surface area contributed by atoms with Crippen molar-refractivity contribution in [3.63, 3.8) is 0 Å². The molecule has 1 saturated heterocycles. The molecule has 0 saturated carbocycles. The van der Waals surface area contributed by atoms with Gasteiger partial charge in [0.25, 0.3) is 0 Å². The molecule has 6 N–H and O–H groups in total. The van der Waals surface area contributed by atoms with Crippen molar-refractivity contribution in [2.45, 2.75) is 38.8 Å². The average Bonchev–Trinajstić information content (AvgIpc) is 3.24. The summed E-state index contributed by atoms with van der Waals surface area (Å²) in [6.45, 7) is 4.73. The fourth-order valence-corrected chi connectivity index (χ4v) is 4.74. The second-order valence-electron chi connectivity index (χ2n) is 9.26. The first-order chi connectivity index (χ1) is 16.9. The minimum atomic E-state index is -0.138. The molecule has 1 fully saturated rings. The molecule has 3 atom stereocenters. The van der Waals surface area contributed by atoms with Gasteiger partial charge in [-0.05, 0) is 44.4 Å². The number of nitrogen functional groups attached to an aromatic ring is 2. The van der Waals surface area contributed by atoms with Crippen molar-refractivity contribution in [3.8, 4) is 11.3 Å². The fraction of sp³-hybridized carbons (Fsp3) is 0.308. The number of carbonyl (C=O) groups is 1. The Morgan fingerprint density at radius 2 is 1.91 bits per heavy atom. The van der Waals surface area contributed by atoms with E-state index in [0.29, 0.717) is 18.1 Å². The highest BCUT2D eigenvalue weighted by Gasteiger charge is 2.31. The van der Waals surface area contributed by atoms with E-state index in [4.69, 9.17) is 11.5 Å². The lowest BCUT2D eigenvalue weighted by Gasteiger charge is -2.38. The van der Waals surface area contributed by atoms with Crippen molar-refractivity contribution in [2.75, 3.05) is 22.9 Å². The van der Waals surface area contributed by atoms with Crippen molar-refractivity contribution in [2.24, 2.45) is 5.92 Å². The highest BCUT2D eigenvalue weighted by Crippen LogP contribution is 2.31. The van der Waals surface area contributed by atoms with Gasteiger partial charge in [0.15, 0.2) is 5.82 Å². The molecule has 9 nitrogen and oxygen atoms in total. The van der Waals surface area contributed by atoms with Crippen LogP contribution in [0.4, 0.5) is 17.6 Å². The first kappa shape index (κ1) is 22.6. The number of amides is 1. The van der Waals surface area contributed by atoms with Crippen LogP contribution in [0, 0.1) is 5.92 Å². The van der Waals surface area contributed by atoms with Crippen LogP contribution in [0.5, 0.6) is 0 Å². The van der Waals surface area contributed by atoms with E-state index < -0.39 is 0 Å². The van der Waals surface area contributed by atoms with E-state index in [2.05, 4.69) is 37.3 Å². The molecule has 5 rings (SSSR count). The zero-order chi connectivity index (χ0) is 24.5. The average molecular weight is 471 g/mol. The molecule has 2 aromatic heterocycles. The zero-order valence-corrected chi connectivity index (χ0v) is 19.9. The molecule has 0 spiro atoms. The van der Waals surface area contributed by atoms with Crippen molar-refractivity contribution >= 4 is 34.4 Å². The maximum absolute atomic E-state index is 13.1. The minimum absolute atomic E-state index is 0.0516. The summed E-state index contributed by atoms with van der Waals surface area (Å²) < 4.78 is 0. The molecule has 180 valence electrons. The Kier molecular flexibility index (Phi) is 5.98. The number of aromatic amines is 1.